The van der Waals surface area contributed by atoms with Crippen molar-refractivity contribution < 1.29 is 9.53 Å². The fourth-order valence-electron chi connectivity index (χ4n) is 0.902. The number of rotatable bonds is 2. The highest BCUT2D eigenvalue weighted by Gasteiger charge is 2.10. The molecule has 14 heavy (non-hydrogen) atoms. The molecule has 0 spiro atoms. The van der Waals surface area contributed by atoms with Crippen LogP contribution in [0, 0.1) is 0 Å². The quantitative estimate of drug-likeness (QED) is 0.443. The predicted molar refractivity (Wildman–Crippen MR) is 57.5 cm³/mol. The van der Waals surface area contributed by atoms with Crippen molar-refractivity contribution in [1.82, 2.24) is 0 Å². The van der Waals surface area contributed by atoms with Crippen LogP contribution < -0.4 is 0 Å². The van der Waals surface area contributed by atoms with Gasteiger partial charge in [0.05, 0.1) is 28.5 Å². The van der Waals surface area contributed by atoms with E-state index >= 15 is 0 Å². The van der Waals surface area contributed by atoms with Crippen LogP contribution in [0.2, 0.25) is 5.02 Å². The summed E-state index contributed by atoms with van der Waals surface area (Å²) in [6.45, 7) is 0. The zero-order valence-corrected chi connectivity index (χ0v) is 8.85. The standard InChI is InChI=1S/C9H6ClNO2S/c1-13-9(12)7-3-2-6(11-5-14)4-8(7)10/h2-4H,1H3. The van der Waals surface area contributed by atoms with E-state index in [1.54, 1.807) is 6.07 Å². The number of isothiocyanates is 1. The zero-order valence-electron chi connectivity index (χ0n) is 7.28. The van der Waals surface area contributed by atoms with Gasteiger partial charge in [0, 0.05) is 0 Å². The summed E-state index contributed by atoms with van der Waals surface area (Å²) in [4.78, 5) is 14.9. The van der Waals surface area contributed by atoms with Crippen molar-refractivity contribution >= 4 is 40.6 Å². The molecule has 5 heteroatoms. The lowest BCUT2D eigenvalue weighted by Gasteiger charge is -2.01. The summed E-state index contributed by atoms with van der Waals surface area (Å²) in [5.41, 5.74) is 0.857. The van der Waals surface area contributed by atoms with Crippen molar-refractivity contribution in [2.45, 2.75) is 0 Å². The molecule has 0 saturated carbocycles. The van der Waals surface area contributed by atoms with Crippen LogP contribution >= 0.6 is 23.8 Å². The van der Waals surface area contributed by atoms with Crippen LogP contribution in [0.3, 0.4) is 0 Å². The maximum Gasteiger partial charge on any atom is 0.339 e. The van der Waals surface area contributed by atoms with E-state index in [0.29, 0.717) is 11.3 Å². The number of hydrogen-bond donors (Lipinski definition) is 0. The molecule has 0 amide bonds. The molecule has 72 valence electrons. The van der Waals surface area contributed by atoms with Gasteiger partial charge < -0.3 is 4.74 Å². The van der Waals surface area contributed by atoms with Gasteiger partial charge in [-0.3, -0.25) is 0 Å². The van der Waals surface area contributed by atoms with E-state index in [-0.39, 0.29) is 5.02 Å². The number of methoxy groups -OCH3 is 1. The summed E-state index contributed by atoms with van der Waals surface area (Å²) in [6.07, 6.45) is 0. The van der Waals surface area contributed by atoms with Gasteiger partial charge in [-0.1, -0.05) is 11.6 Å². The third kappa shape index (κ3) is 2.39. The second kappa shape index (κ2) is 4.86. The Morgan fingerprint density at radius 2 is 2.36 bits per heavy atom. The number of carbonyl (C=O) groups excluding carboxylic acids is 1. The average molecular weight is 228 g/mol. The van der Waals surface area contributed by atoms with Crippen LogP contribution in [0.1, 0.15) is 10.4 Å². The molecule has 0 saturated heterocycles. The number of halogens is 1. The van der Waals surface area contributed by atoms with Crippen molar-refractivity contribution in [3.8, 4) is 0 Å². The van der Waals surface area contributed by atoms with Crippen molar-refractivity contribution in [1.29, 1.82) is 0 Å². The molecule has 3 nitrogen and oxygen atoms in total. The second-order valence-corrected chi connectivity index (χ2v) is 2.95. The van der Waals surface area contributed by atoms with Crippen LogP contribution in [0.25, 0.3) is 0 Å². The molecule has 0 atom stereocenters. The zero-order chi connectivity index (χ0) is 10.6. The first-order valence-electron chi connectivity index (χ1n) is 3.64. The van der Waals surface area contributed by atoms with Gasteiger partial charge in [0.2, 0.25) is 0 Å². The number of benzene rings is 1. The predicted octanol–water partition coefficient (Wildman–Crippen LogP) is 2.86. The normalized spacial score (nSPS) is 9.00. The lowest BCUT2D eigenvalue weighted by Crippen LogP contribution is -2.01. The maximum atomic E-state index is 11.1. The van der Waals surface area contributed by atoms with Gasteiger partial charge in [0.25, 0.3) is 0 Å². The minimum absolute atomic E-state index is 0.281. The first-order chi connectivity index (χ1) is 6.69. The van der Waals surface area contributed by atoms with E-state index in [9.17, 15) is 4.79 Å². The van der Waals surface area contributed by atoms with Crippen LogP contribution in [0.5, 0.6) is 0 Å². The smallest absolute Gasteiger partial charge is 0.339 e. The van der Waals surface area contributed by atoms with Crippen LogP contribution in [-0.4, -0.2) is 18.2 Å². The first kappa shape index (κ1) is 10.9. The van der Waals surface area contributed by atoms with Gasteiger partial charge in [-0.15, -0.1) is 0 Å². The Kier molecular flexibility index (Phi) is 3.77. The molecule has 0 aliphatic heterocycles. The summed E-state index contributed by atoms with van der Waals surface area (Å²) < 4.78 is 4.53. The van der Waals surface area contributed by atoms with E-state index in [1.807, 2.05) is 0 Å². The summed E-state index contributed by atoms with van der Waals surface area (Å²) in [5, 5.41) is 2.49. The van der Waals surface area contributed by atoms with Gasteiger partial charge >= 0.3 is 5.97 Å². The second-order valence-electron chi connectivity index (χ2n) is 2.36. The summed E-state index contributed by atoms with van der Waals surface area (Å²) in [5.74, 6) is -0.479. The number of ether oxygens (including phenoxy) is 1. The summed E-state index contributed by atoms with van der Waals surface area (Å²) >= 11 is 10.2. The molecular weight excluding hydrogens is 222 g/mol. The molecule has 0 heterocycles. The van der Waals surface area contributed by atoms with Crippen LogP contribution in [0.15, 0.2) is 23.2 Å². The Morgan fingerprint density at radius 3 is 2.86 bits per heavy atom. The topological polar surface area (TPSA) is 38.7 Å². The number of esters is 1. The molecule has 0 aromatic heterocycles. The van der Waals surface area contributed by atoms with Gasteiger partial charge in [-0.05, 0) is 30.4 Å². The molecule has 0 N–H and O–H groups in total. The maximum absolute atomic E-state index is 11.1. The van der Waals surface area contributed by atoms with Crippen LogP contribution in [0.4, 0.5) is 5.69 Å². The van der Waals surface area contributed by atoms with E-state index in [4.69, 9.17) is 11.6 Å². The third-order valence-electron chi connectivity index (χ3n) is 1.53. The molecule has 1 aromatic rings. The molecule has 0 unspecified atom stereocenters. The highest BCUT2D eigenvalue weighted by Crippen LogP contribution is 2.23. The monoisotopic (exact) mass is 227 g/mol. The molecular formula is C9H6ClNO2S. The Balaban J connectivity index is 3.13. The molecule has 0 aliphatic rings. The minimum Gasteiger partial charge on any atom is -0.465 e. The minimum atomic E-state index is -0.479. The molecule has 0 fully saturated rings. The Bertz CT molecular complexity index is 413. The lowest BCUT2D eigenvalue weighted by atomic mass is 10.2. The fraction of sp³-hybridized carbons (Fsp3) is 0.111. The van der Waals surface area contributed by atoms with Crippen molar-refractivity contribution in [2.24, 2.45) is 4.99 Å². The van der Waals surface area contributed by atoms with Crippen molar-refractivity contribution in [3.05, 3.63) is 28.8 Å². The van der Waals surface area contributed by atoms with E-state index < -0.39 is 5.97 Å². The van der Waals surface area contributed by atoms with Gasteiger partial charge in [-0.25, -0.2) is 4.79 Å². The molecule has 1 rings (SSSR count). The van der Waals surface area contributed by atoms with Crippen molar-refractivity contribution in [2.75, 3.05) is 7.11 Å². The Hall–Kier alpha value is -1.22. The SMILES string of the molecule is COC(=O)c1ccc(N=C=S)cc1Cl. The number of nitrogens with zero attached hydrogens (tertiary/aromatic N) is 1. The number of thiocarbonyl (C=S) groups is 1. The van der Waals surface area contributed by atoms with Gasteiger partial charge in [0.15, 0.2) is 0 Å². The van der Waals surface area contributed by atoms with E-state index in [1.165, 1.54) is 19.2 Å². The summed E-state index contributed by atoms with van der Waals surface area (Å²) in [7, 11) is 1.29. The molecule has 0 aliphatic carbocycles. The Morgan fingerprint density at radius 1 is 1.64 bits per heavy atom. The highest BCUT2D eigenvalue weighted by molar-refractivity contribution is 7.78. The summed E-state index contributed by atoms with van der Waals surface area (Å²) in [6, 6.07) is 4.66. The molecule has 1 aromatic carbocycles. The number of carbonyl (C=O) groups is 1. The first-order valence-corrected chi connectivity index (χ1v) is 4.43. The highest BCUT2D eigenvalue weighted by atomic mass is 35.5. The van der Waals surface area contributed by atoms with E-state index in [2.05, 4.69) is 27.1 Å². The number of hydrogen-bond acceptors (Lipinski definition) is 4. The average Bonchev–Trinajstić information content (AvgIpc) is 2.17. The number of aliphatic imine (C=N–C) groups is 1. The van der Waals surface area contributed by atoms with Crippen LogP contribution in [-0.2, 0) is 4.74 Å². The Labute approximate surface area is 91.4 Å². The van der Waals surface area contributed by atoms with Gasteiger partial charge in [-0.2, -0.15) is 4.99 Å². The third-order valence-corrected chi connectivity index (χ3v) is 1.94. The molecule has 0 bridgehead atoms. The van der Waals surface area contributed by atoms with E-state index in [0.717, 1.165) is 0 Å². The fourth-order valence-corrected chi connectivity index (χ4v) is 1.26. The van der Waals surface area contributed by atoms with Crippen molar-refractivity contribution in [3.63, 3.8) is 0 Å². The molecule has 0 radical (unpaired) electrons. The lowest BCUT2D eigenvalue weighted by molar-refractivity contribution is 0.0601. The van der Waals surface area contributed by atoms with Gasteiger partial charge in [0.1, 0.15) is 0 Å². The largest absolute Gasteiger partial charge is 0.465 e.